The smallest absolute Gasteiger partial charge is 0.0746 e. The van der Waals surface area contributed by atoms with Crippen LogP contribution in [0, 0.1) is 0 Å². The Morgan fingerprint density at radius 2 is 1.83 bits per heavy atom. The van der Waals surface area contributed by atoms with Gasteiger partial charge in [-0.25, -0.2) is 0 Å². The summed E-state index contributed by atoms with van der Waals surface area (Å²) < 4.78 is 0. The third-order valence-corrected chi connectivity index (χ3v) is 1.44. The summed E-state index contributed by atoms with van der Waals surface area (Å²) in [7, 11) is 0. The van der Waals surface area contributed by atoms with Gasteiger partial charge in [0.1, 0.15) is 0 Å². The summed E-state index contributed by atoms with van der Waals surface area (Å²) >= 11 is 0. The fourth-order valence-electron chi connectivity index (χ4n) is 0.842. The molecule has 0 bridgehead atoms. The Balaban J connectivity index is 3.53. The zero-order valence-corrected chi connectivity index (χ0v) is 6.93. The summed E-state index contributed by atoms with van der Waals surface area (Å²) in [5, 5.41) is 35.0. The molecule has 0 saturated heterocycles. The molecular formula is C8H16O4. The zero-order chi connectivity index (χ0) is 9.40. The summed E-state index contributed by atoms with van der Waals surface area (Å²) in [4.78, 5) is 0. The van der Waals surface area contributed by atoms with Crippen LogP contribution in [0.4, 0.5) is 0 Å². The van der Waals surface area contributed by atoms with Crippen LogP contribution in [0.25, 0.3) is 0 Å². The van der Waals surface area contributed by atoms with Crippen molar-refractivity contribution in [3.63, 3.8) is 0 Å². The molecule has 0 aliphatic heterocycles. The Bertz CT molecular complexity index is 124. The summed E-state index contributed by atoms with van der Waals surface area (Å²) in [5.74, 6) is 0. The summed E-state index contributed by atoms with van der Waals surface area (Å²) in [5.41, 5.74) is 0. The van der Waals surface area contributed by atoms with Gasteiger partial charge in [0.25, 0.3) is 0 Å². The maximum absolute atomic E-state index is 9.14. The molecule has 2 unspecified atom stereocenters. The molecule has 2 atom stereocenters. The van der Waals surface area contributed by atoms with Gasteiger partial charge in [0.15, 0.2) is 0 Å². The van der Waals surface area contributed by atoms with Crippen molar-refractivity contribution in [3.8, 4) is 0 Å². The summed E-state index contributed by atoms with van der Waals surface area (Å²) in [6.07, 6.45) is 1.85. The molecule has 0 aromatic rings. The first-order valence-corrected chi connectivity index (χ1v) is 3.95. The van der Waals surface area contributed by atoms with Gasteiger partial charge in [0.05, 0.1) is 18.8 Å². The van der Waals surface area contributed by atoms with E-state index >= 15 is 0 Å². The van der Waals surface area contributed by atoms with E-state index in [2.05, 4.69) is 0 Å². The highest BCUT2D eigenvalue weighted by molar-refractivity contribution is 4.89. The number of hydrogen-bond acceptors (Lipinski definition) is 4. The van der Waals surface area contributed by atoms with E-state index in [9.17, 15) is 0 Å². The standard InChI is InChI=1S/C8H16O4/c9-4-1-2-7(11)6-8(12)3-5-10/h1-2,7-12H,3-6H2. The van der Waals surface area contributed by atoms with Crippen molar-refractivity contribution in [1.82, 2.24) is 0 Å². The number of aliphatic hydroxyl groups excluding tert-OH is 4. The Labute approximate surface area is 71.8 Å². The van der Waals surface area contributed by atoms with Crippen LogP contribution < -0.4 is 0 Å². The lowest BCUT2D eigenvalue weighted by Gasteiger charge is -2.10. The molecule has 4 nitrogen and oxygen atoms in total. The van der Waals surface area contributed by atoms with E-state index in [0.29, 0.717) is 0 Å². The molecule has 0 aromatic heterocycles. The maximum Gasteiger partial charge on any atom is 0.0746 e. The normalized spacial score (nSPS) is 16.7. The molecule has 0 aromatic carbocycles. The van der Waals surface area contributed by atoms with Gasteiger partial charge in [-0.05, 0) is 6.42 Å². The van der Waals surface area contributed by atoms with E-state index in [4.69, 9.17) is 20.4 Å². The summed E-state index contributed by atoms with van der Waals surface area (Å²) in [6, 6.07) is 0. The van der Waals surface area contributed by atoms with Crippen LogP contribution in [0.1, 0.15) is 12.8 Å². The van der Waals surface area contributed by atoms with Crippen LogP contribution >= 0.6 is 0 Å². The maximum atomic E-state index is 9.14. The Morgan fingerprint density at radius 1 is 1.17 bits per heavy atom. The van der Waals surface area contributed by atoms with E-state index in [1.807, 2.05) is 0 Å². The third kappa shape index (κ3) is 6.30. The van der Waals surface area contributed by atoms with E-state index in [1.54, 1.807) is 0 Å². The topological polar surface area (TPSA) is 80.9 Å². The quantitative estimate of drug-likeness (QED) is 0.392. The monoisotopic (exact) mass is 176 g/mol. The molecule has 0 heterocycles. The molecule has 0 amide bonds. The van der Waals surface area contributed by atoms with Crippen molar-refractivity contribution in [3.05, 3.63) is 12.2 Å². The molecule has 12 heavy (non-hydrogen) atoms. The van der Waals surface area contributed by atoms with Gasteiger partial charge in [0.2, 0.25) is 0 Å². The Hall–Kier alpha value is -0.420. The van der Waals surface area contributed by atoms with Crippen molar-refractivity contribution in [2.24, 2.45) is 0 Å². The second-order valence-electron chi connectivity index (χ2n) is 2.58. The lowest BCUT2D eigenvalue weighted by molar-refractivity contribution is 0.0822. The second kappa shape index (κ2) is 7.24. The van der Waals surface area contributed by atoms with E-state index in [0.717, 1.165) is 0 Å². The number of rotatable bonds is 6. The molecular weight excluding hydrogens is 160 g/mol. The molecule has 0 aliphatic carbocycles. The van der Waals surface area contributed by atoms with Gasteiger partial charge in [-0.3, -0.25) is 0 Å². The van der Waals surface area contributed by atoms with E-state index in [1.165, 1.54) is 12.2 Å². The van der Waals surface area contributed by atoms with Gasteiger partial charge in [0, 0.05) is 13.0 Å². The van der Waals surface area contributed by atoms with Crippen LogP contribution in [0.2, 0.25) is 0 Å². The minimum Gasteiger partial charge on any atom is -0.396 e. The molecule has 0 saturated carbocycles. The van der Waals surface area contributed by atoms with E-state index in [-0.39, 0.29) is 26.1 Å². The highest BCUT2D eigenvalue weighted by Gasteiger charge is 2.07. The molecule has 0 spiro atoms. The predicted octanol–water partition coefficient (Wildman–Crippen LogP) is -0.971. The first-order valence-electron chi connectivity index (χ1n) is 3.95. The molecule has 72 valence electrons. The van der Waals surface area contributed by atoms with Gasteiger partial charge < -0.3 is 20.4 Å². The van der Waals surface area contributed by atoms with Crippen LogP contribution in [0.3, 0.4) is 0 Å². The fourth-order valence-corrected chi connectivity index (χ4v) is 0.842. The predicted molar refractivity (Wildman–Crippen MR) is 44.6 cm³/mol. The van der Waals surface area contributed by atoms with Crippen molar-refractivity contribution >= 4 is 0 Å². The highest BCUT2D eigenvalue weighted by atomic mass is 16.3. The van der Waals surface area contributed by atoms with Crippen LogP contribution in [0.15, 0.2) is 12.2 Å². The molecule has 4 heteroatoms. The van der Waals surface area contributed by atoms with Gasteiger partial charge in [-0.1, -0.05) is 12.2 Å². The average Bonchev–Trinajstić information content (AvgIpc) is 2.01. The number of aliphatic hydroxyl groups is 4. The van der Waals surface area contributed by atoms with Crippen LogP contribution in [-0.2, 0) is 0 Å². The molecule has 4 N–H and O–H groups in total. The van der Waals surface area contributed by atoms with Crippen molar-refractivity contribution in [1.29, 1.82) is 0 Å². The number of hydrogen-bond donors (Lipinski definition) is 4. The van der Waals surface area contributed by atoms with Crippen LogP contribution in [-0.4, -0.2) is 45.8 Å². The molecule has 0 aliphatic rings. The van der Waals surface area contributed by atoms with Gasteiger partial charge >= 0.3 is 0 Å². The molecule has 0 fully saturated rings. The largest absolute Gasteiger partial charge is 0.396 e. The summed E-state index contributed by atoms with van der Waals surface area (Å²) in [6.45, 7) is -0.204. The van der Waals surface area contributed by atoms with Gasteiger partial charge in [-0.15, -0.1) is 0 Å². The zero-order valence-electron chi connectivity index (χ0n) is 6.93. The minimum atomic E-state index is -0.751. The lowest BCUT2D eigenvalue weighted by Crippen LogP contribution is -2.17. The highest BCUT2D eigenvalue weighted by Crippen LogP contribution is 2.02. The van der Waals surface area contributed by atoms with Gasteiger partial charge in [-0.2, -0.15) is 0 Å². The van der Waals surface area contributed by atoms with Crippen molar-refractivity contribution < 1.29 is 20.4 Å². The van der Waals surface area contributed by atoms with E-state index < -0.39 is 12.2 Å². The second-order valence-corrected chi connectivity index (χ2v) is 2.58. The SMILES string of the molecule is OCC=CC(O)CC(O)CCO. The first-order chi connectivity index (χ1) is 5.70. The van der Waals surface area contributed by atoms with Crippen molar-refractivity contribution in [2.75, 3.05) is 13.2 Å². The lowest BCUT2D eigenvalue weighted by atomic mass is 10.1. The Kier molecular flexibility index (Phi) is 6.99. The minimum absolute atomic E-state index is 0.0857. The fraction of sp³-hybridized carbons (Fsp3) is 0.750. The van der Waals surface area contributed by atoms with Crippen LogP contribution in [0.5, 0.6) is 0 Å². The first kappa shape index (κ1) is 11.6. The van der Waals surface area contributed by atoms with Crippen molar-refractivity contribution in [2.45, 2.75) is 25.0 Å². The Morgan fingerprint density at radius 3 is 2.33 bits per heavy atom. The third-order valence-electron chi connectivity index (χ3n) is 1.44. The molecule has 0 radical (unpaired) electrons. The molecule has 0 rings (SSSR count). The average molecular weight is 176 g/mol.